The lowest BCUT2D eigenvalue weighted by Crippen LogP contribution is -2.08. The predicted molar refractivity (Wildman–Crippen MR) is 82.6 cm³/mol. The maximum atomic E-state index is 3.68. The van der Waals surface area contributed by atoms with Gasteiger partial charge in [-0.15, -0.1) is 0 Å². The van der Waals surface area contributed by atoms with Gasteiger partial charge in [0, 0.05) is 16.1 Å². The van der Waals surface area contributed by atoms with Crippen LogP contribution in [0.3, 0.4) is 0 Å². The van der Waals surface area contributed by atoms with Crippen LogP contribution in [-0.2, 0) is 0 Å². The van der Waals surface area contributed by atoms with Crippen LogP contribution < -0.4 is 5.32 Å². The number of hydrogen-bond donors (Lipinski definition) is 1. The lowest BCUT2D eigenvalue weighted by atomic mass is 9.93. The fourth-order valence-electron chi connectivity index (χ4n) is 3.01. The molecule has 0 saturated heterocycles. The number of benzene rings is 2. The number of fused-ring (bicyclic) bond motifs is 5. The molecule has 0 spiro atoms. The van der Waals surface area contributed by atoms with E-state index in [1.165, 1.54) is 38.4 Å². The highest BCUT2D eigenvalue weighted by Gasteiger charge is 2.32. The van der Waals surface area contributed by atoms with Crippen molar-refractivity contribution in [3.8, 4) is 0 Å². The zero-order valence-corrected chi connectivity index (χ0v) is 11.8. The zero-order chi connectivity index (χ0) is 13.0. The van der Waals surface area contributed by atoms with Gasteiger partial charge in [-0.05, 0) is 53.7 Å². The van der Waals surface area contributed by atoms with Gasteiger partial charge in [0.25, 0.3) is 0 Å². The first-order chi connectivity index (χ1) is 9.25. The van der Waals surface area contributed by atoms with E-state index in [9.17, 15) is 0 Å². The molecule has 1 N–H and O–H groups in total. The Morgan fingerprint density at radius 2 is 1.89 bits per heavy atom. The molecule has 1 atom stereocenters. The number of thioether (sulfide) groups is 1. The van der Waals surface area contributed by atoms with Gasteiger partial charge in [-0.3, -0.25) is 0 Å². The van der Waals surface area contributed by atoms with Gasteiger partial charge in [-0.2, -0.15) is 0 Å². The Morgan fingerprint density at radius 1 is 1.05 bits per heavy atom. The van der Waals surface area contributed by atoms with E-state index in [2.05, 4.69) is 61.0 Å². The van der Waals surface area contributed by atoms with Gasteiger partial charge < -0.3 is 5.32 Å². The number of hydrogen-bond acceptors (Lipinski definition) is 2. The Hall–Kier alpha value is -1.67. The van der Waals surface area contributed by atoms with Crippen molar-refractivity contribution < 1.29 is 0 Å². The van der Waals surface area contributed by atoms with E-state index < -0.39 is 0 Å². The van der Waals surface area contributed by atoms with Gasteiger partial charge in [-0.25, -0.2) is 0 Å². The molecule has 0 amide bonds. The monoisotopic (exact) mass is 265 g/mol. The summed E-state index contributed by atoms with van der Waals surface area (Å²) in [5.74, 6) is 0. The van der Waals surface area contributed by atoms with Crippen molar-refractivity contribution in [3.63, 3.8) is 0 Å². The Morgan fingerprint density at radius 3 is 2.79 bits per heavy atom. The highest BCUT2D eigenvalue weighted by Crippen LogP contribution is 2.51. The van der Waals surface area contributed by atoms with Crippen molar-refractivity contribution in [1.29, 1.82) is 0 Å². The van der Waals surface area contributed by atoms with Gasteiger partial charge in [0.2, 0.25) is 0 Å². The summed E-state index contributed by atoms with van der Waals surface area (Å²) >= 11 is 1.84. The van der Waals surface area contributed by atoms with Gasteiger partial charge >= 0.3 is 0 Å². The van der Waals surface area contributed by atoms with Crippen LogP contribution in [0, 0.1) is 13.8 Å². The molecule has 0 saturated carbocycles. The highest BCUT2D eigenvalue weighted by atomic mass is 32.2. The fraction of sp³-hybridized carbons (Fsp3) is 0.176. The van der Waals surface area contributed by atoms with E-state index >= 15 is 0 Å². The molecule has 1 unspecified atom stereocenters. The second-order valence-corrected chi connectivity index (χ2v) is 6.15. The Bertz CT molecular complexity index is 715. The van der Waals surface area contributed by atoms with E-state index in [-0.39, 0.29) is 0 Å². The van der Waals surface area contributed by atoms with E-state index in [0.717, 1.165) is 0 Å². The van der Waals surface area contributed by atoms with E-state index in [1.807, 2.05) is 11.8 Å². The minimum Gasteiger partial charge on any atom is -0.374 e. The first-order valence-electron chi connectivity index (χ1n) is 6.58. The average molecular weight is 265 g/mol. The van der Waals surface area contributed by atoms with Crippen LogP contribution in [0.1, 0.15) is 28.3 Å². The first kappa shape index (κ1) is 11.2. The second-order valence-electron chi connectivity index (χ2n) is 5.24. The predicted octanol–water partition coefficient (Wildman–Crippen LogP) is 4.92. The van der Waals surface area contributed by atoms with Crippen LogP contribution in [0.15, 0.2) is 46.7 Å². The van der Waals surface area contributed by atoms with Crippen LogP contribution in [-0.4, -0.2) is 0 Å². The van der Waals surface area contributed by atoms with Crippen molar-refractivity contribution in [2.75, 3.05) is 5.32 Å². The van der Waals surface area contributed by atoms with E-state index in [1.54, 1.807) is 0 Å². The Labute approximate surface area is 117 Å². The molecule has 2 aliphatic heterocycles. The molecule has 0 aliphatic carbocycles. The molecule has 2 aromatic carbocycles. The summed E-state index contributed by atoms with van der Waals surface area (Å²) in [5.41, 5.74) is 8.28. The molecule has 2 heterocycles. The van der Waals surface area contributed by atoms with Gasteiger partial charge in [0.05, 0.1) is 6.04 Å². The summed E-state index contributed by atoms with van der Waals surface area (Å²) in [7, 11) is 0. The average Bonchev–Trinajstić information content (AvgIpc) is 2.82. The minimum absolute atomic E-state index is 0.327. The number of rotatable bonds is 0. The molecule has 2 aliphatic rings. The second kappa shape index (κ2) is 3.91. The third kappa shape index (κ3) is 1.50. The molecule has 1 nitrogen and oxygen atoms in total. The molecule has 4 rings (SSSR count). The molecule has 0 bridgehead atoms. The van der Waals surface area contributed by atoms with Crippen molar-refractivity contribution in [1.82, 2.24) is 0 Å². The SMILES string of the molecule is Cc1ccc2c(c1C)C1=CSc3ccccc3C1N2. The van der Waals surface area contributed by atoms with Crippen LogP contribution in [0.4, 0.5) is 5.69 Å². The van der Waals surface area contributed by atoms with Crippen LogP contribution >= 0.6 is 11.8 Å². The number of nitrogens with one attached hydrogen (secondary N) is 1. The third-order valence-electron chi connectivity index (χ3n) is 4.18. The molecule has 2 heteroatoms. The topological polar surface area (TPSA) is 12.0 Å². The standard InChI is InChI=1S/C17H15NS/c1-10-7-8-14-16(11(10)2)13-9-19-15-6-4-3-5-12(15)17(13)18-14/h3-9,17-18H,1-2H3. The summed E-state index contributed by atoms with van der Waals surface area (Å²) in [4.78, 5) is 1.37. The van der Waals surface area contributed by atoms with Crippen molar-refractivity contribution >= 4 is 23.0 Å². The molecule has 2 aromatic rings. The molecule has 0 radical (unpaired) electrons. The molecule has 19 heavy (non-hydrogen) atoms. The fourth-order valence-corrected chi connectivity index (χ4v) is 4.00. The maximum absolute atomic E-state index is 3.68. The maximum Gasteiger partial charge on any atom is 0.0790 e. The molecule has 94 valence electrons. The molecule has 0 aromatic heterocycles. The van der Waals surface area contributed by atoms with Crippen molar-refractivity contribution in [2.24, 2.45) is 0 Å². The van der Waals surface area contributed by atoms with Crippen molar-refractivity contribution in [2.45, 2.75) is 24.8 Å². The Kier molecular flexibility index (Phi) is 2.30. The van der Waals surface area contributed by atoms with Gasteiger partial charge in [0.1, 0.15) is 0 Å². The lowest BCUT2D eigenvalue weighted by Gasteiger charge is -2.21. The number of anilines is 1. The molecular formula is C17H15NS. The molecule has 0 fully saturated rings. The quantitative estimate of drug-likeness (QED) is 0.726. The van der Waals surface area contributed by atoms with Gasteiger partial charge in [-0.1, -0.05) is 36.0 Å². The van der Waals surface area contributed by atoms with E-state index in [4.69, 9.17) is 0 Å². The first-order valence-corrected chi connectivity index (χ1v) is 7.46. The van der Waals surface area contributed by atoms with Gasteiger partial charge in [0.15, 0.2) is 0 Å². The van der Waals surface area contributed by atoms with Crippen LogP contribution in [0.2, 0.25) is 0 Å². The Balaban J connectivity index is 1.92. The normalized spacial score (nSPS) is 19.1. The van der Waals surface area contributed by atoms with Crippen molar-refractivity contribution in [3.05, 3.63) is 64.1 Å². The van der Waals surface area contributed by atoms with Crippen LogP contribution in [0.25, 0.3) is 5.57 Å². The largest absolute Gasteiger partial charge is 0.374 e. The minimum atomic E-state index is 0.327. The van der Waals surface area contributed by atoms with E-state index in [0.29, 0.717) is 6.04 Å². The summed E-state index contributed by atoms with van der Waals surface area (Å²) < 4.78 is 0. The summed E-state index contributed by atoms with van der Waals surface area (Å²) in [5, 5.41) is 6.00. The number of aryl methyl sites for hydroxylation is 1. The lowest BCUT2D eigenvalue weighted by molar-refractivity contribution is 0.997. The van der Waals surface area contributed by atoms with Crippen LogP contribution in [0.5, 0.6) is 0 Å². The zero-order valence-electron chi connectivity index (χ0n) is 11.0. The summed E-state index contributed by atoms with van der Waals surface area (Å²) in [6.45, 7) is 4.41. The molecular weight excluding hydrogens is 250 g/mol. The summed E-state index contributed by atoms with van der Waals surface area (Å²) in [6.07, 6.45) is 0. The summed E-state index contributed by atoms with van der Waals surface area (Å²) in [6, 6.07) is 13.4. The highest BCUT2D eigenvalue weighted by molar-refractivity contribution is 8.02. The smallest absolute Gasteiger partial charge is 0.0790 e. The third-order valence-corrected chi connectivity index (χ3v) is 5.18.